The lowest BCUT2D eigenvalue weighted by molar-refractivity contribution is 0.868. The molecule has 0 radical (unpaired) electrons. The Morgan fingerprint density at radius 2 is 1.75 bits per heavy atom. The summed E-state index contributed by atoms with van der Waals surface area (Å²) in [5.74, 6) is 0.520. The van der Waals surface area contributed by atoms with Gasteiger partial charge in [0.15, 0.2) is 0 Å². The van der Waals surface area contributed by atoms with E-state index in [9.17, 15) is 4.79 Å². The van der Waals surface area contributed by atoms with Crippen LogP contribution in [0.1, 0.15) is 39.2 Å². The van der Waals surface area contributed by atoms with Crippen LogP contribution in [-0.2, 0) is 0 Å². The zero-order chi connectivity index (χ0) is 12.1. The summed E-state index contributed by atoms with van der Waals surface area (Å²) in [6.45, 7) is 8.32. The molecule has 0 spiro atoms. The molecule has 2 nitrogen and oxygen atoms in total. The van der Waals surface area contributed by atoms with Gasteiger partial charge in [-0.3, -0.25) is 4.79 Å². The normalized spacial score (nSPS) is 10.1. The zero-order valence-corrected chi connectivity index (χ0v) is 10.4. The Balaban J connectivity index is 0.000000606. The van der Waals surface area contributed by atoms with Gasteiger partial charge in [-0.05, 0) is 35.1 Å². The van der Waals surface area contributed by atoms with E-state index in [4.69, 9.17) is 0 Å². The smallest absolute Gasteiger partial charge is 0.248 e. The molecule has 2 aromatic rings. The van der Waals surface area contributed by atoms with Crippen molar-refractivity contribution in [3.8, 4) is 0 Å². The Morgan fingerprint density at radius 1 is 1.06 bits per heavy atom. The maximum Gasteiger partial charge on any atom is 0.248 e. The Morgan fingerprint density at radius 3 is 2.38 bits per heavy atom. The first kappa shape index (κ1) is 12.5. The van der Waals surface area contributed by atoms with Crippen molar-refractivity contribution in [1.82, 2.24) is 4.98 Å². The fourth-order valence-electron chi connectivity index (χ4n) is 1.53. The summed E-state index contributed by atoms with van der Waals surface area (Å²) in [6.07, 6.45) is 0. The first-order valence-corrected chi connectivity index (χ1v) is 5.80. The van der Waals surface area contributed by atoms with E-state index < -0.39 is 0 Å². The highest BCUT2D eigenvalue weighted by Crippen LogP contribution is 2.18. The molecule has 1 N–H and O–H groups in total. The van der Waals surface area contributed by atoms with Gasteiger partial charge in [0.1, 0.15) is 0 Å². The van der Waals surface area contributed by atoms with Gasteiger partial charge in [0.2, 0.25) is 5.56 Å². The SMILES string of the molecule is CC.CC(C)c1ccc2[nH]c(=O)ccc2c1. The molecule has 1 heterocycles. The highest BCUT2D eigenvalue weighted by atomic mass is 16.1. The minimum absolute atomic E-state index is 0.0465. The second kappa shape index (κ2) is 5.50. The van der Waals surface area contributed by atoms with E-state index in [1.807, 2.05) is 26.0 Å². The highest BCUT2D eigenvalue weighted by molar-refractivity contribution is 5.79. The average Bonchev–Trinajstić information content (AvgIpc) is 2.30. The van der Waals surface area contributed by atoms with Crippen molar-refractivity contribution < 1.29 is 0 Å². The Bertz CT molecular complexity index is 511. The van der Waals surface area contributed by atoms with Crippen molar-refractivity contribution in [2.45, 2.75) is 33.6 Å². The van der Waals surface area contributed by atoms with Gasteiger partial charge < -0.3 is 4.98 Å². The van der Waals surface area contributed by atoms with Gasteiger partial charge in [0.05, 0.1) is 0 Å². The number of hydrogen-bond acceptors (Lipinski definition) is 1. The summed E-state index contributed by atoms with van der Waals surface area (Å²) in [6, 6.07) is 9.57. The Kier molecular flexibility index (Phi) is 4.29. The molecule has 0 atom stereocenters. The third-order valence-electron chi connectivity index (χ3n) is 2.41. The maximum atomic E-state index is 11.0. The van der Waals surface area contributed by atoms with Gasteiger partial charge in [-0.25, -0.2) is 0 Å². The lowest BCUT2D eigenvalue weighted by atomic mass is 10.0. The van der Waals surface area contributed by atoms with E-state index in [1.54, 1.807) is 6.07 Å². The van der Waals surface area contributed by atoms with E-state index in [2.05, 4.69) is 31.0 Å². The van der Waals surface area contributed by atoms with Crippen LogP contribution in [0.2, 0.25) is 0 Å². The Labute approximate surface area is 96.3 Å². The number of aromatic nitrogens is 1. The van der Waals surface area contributed by atoms with Crippen LogP contribution in [0.4, 0.5) is 0 Å². The van der Waals surface area contributed by atoms with E-state index >= 15 is 0 Å². The molecule has 0 unspecified atom stereocenters. The molecule has 0 saturated heterocycles. The molecule has 0 aliphatic rings. The molecular weight excluding hydrogens is 198 g/mol. The molecule has 0 fully saturated rings. The molecule has 86 valence electrons. The molecule has 0 amide bonds. The third-order valence-corrected chi connectivity index (χ3v) is 2.41. The third kappa shape index (κ3) is 2.72. The Hall–Kier alpha value is -1.57. The molecule has 2 rings (SSSR count). The number of rotatable bonds is 1. The number of H-pyrrole nitrogens is 1. The number of pyridine rings is 1. The second-order valence-corrected chi connectivity index (χ2v) is 3.82. The van der Waals surface area contributed by atoms with E-state index in [-0.39, 0.29) is 5.56 Å². The standard InChI is InChI=1S/C12H13NO.C2H6/c1-8(2)9-3-5-11-10(7-9)4-6-12(14)13-11;1-2/h3-8H,1-2H3,(H,13,14);1-2H3. The highest BCUT2D eigenvalue weighted by Gasteiger charge is 2.00. The first-order chi connectivity index (χ1) is 7.66. The van der Waals surface area contributed by atoms with Crippen molar-refractivity contribution >= 4 is 10.9 Å². The molecule has 0 aliphatic carbocycles. The lowest BCUT2D eigenvalue weighted by Gasteiger charge is -2.06. The largest absolute Gasteiger partial charge is 0.322 e. The number of benzene rings is 1. The summed E-state index contributed by atoms with van der Waals surface area (Å²) in [7, 11) is 0. The number of fused-ring (bicyclic) bond motifs is 1. The van der Waals surface area contributed by atoms with Crippen molar-refractivity contribution in [3.05, 3.63) is 46.2 Å². The minimum atomic E-state index is -0.0465. The van der Waals surface area contributed by atoms with Gasteiger partial charge in [-0.15, -0.1) is 0 Å². The summed E-state index contributed by atoms with van der Waals surface area (Å²) in [4.78, 5) is 13.8. The van der Waals surface area contributed by atoms with Crippen molar-refractivity contribution in [3.63, 3.8) is 0 Å². The number of nitrogens with one attached hydrogen (secondary N) is 1. The van der Waals surface area contributed by atoms with Gasteiger partial charge in [0.25, 0.3) is 0 Å². The molecule has 0 aliphatic heterocycles. The van der Waals surface area contributed by atoms with Crippen molar-refractivity contribution in [2.75, 3.05) is 0 Å². The fourth-order valence-corrected chi connectivity index (χ4v) is 1.53. The van der Waals surface area contributed by atoms with Crippen LogP contribution < -0.4 is 5.56 Å². The predicted molar refractivity (Wildman–Crippen MR) is 70.0 cm³/mol. The lowest BCUT2D eigenvalue weighted by Crippen LogP contribution is -2.02. The van der Waals surface area contributed by atoms with Crippen LogP contribution in [0.15, 0.2) is 35.1 Å². The van der Waals surface area contributed by atoms with E-state index in [0.717, 1.165) is 10.9 Å². The second-order valence-electron chi connectivity index (χ2n) is 3.82. The molecule has 1 aromatic heterocycles. The fraction of sp³-hybridized carbons (Fsp3) is 0.357. The van der Waals surface area contributed by atoms with Crippen molar-refractivity contribution in [2.24, 2.45) is 0 Å². The van der Waals surface area contributed by atoms with Crippen LogP contribution in [0, 0.1) is 0 Å². The van der Waals surface area contributed by atoms with E-state index in [0.29, 0.717) is 5.92 Å². The molecule has 16 heavy (non-hydrogen) atoms. The summed E-state index contributed by atoms with van der Waals surface area (Å²) >= 11 is 0. The van der Waals surface area contributed by atoms with Crippen LogP contribution in [0.3, 0.4) is 0 Å². The molecule has 0 bridgehead atoms. The molecule has 0 saturated carbocycles. The van der Waals surface area contributed by atoms with Gasteiger partial charge in [-0.2, -0.15) is 0 Å². The molecule has 1 aromatic carbocycles. The monoisotopic (exact) mass is 217 g/mol. The summed E-state index contributed by atoms with van der Waals surface area (Å²) in [5.41, 5.74) is 2.15. The summed E-state index contributed by atoms with van der Waals surface area (Å²) < 4.78 is 0. The number of aromatic amines is 1. The van der Waals surface area contributed by atoms with Crippen LogP contribution in [-0.4, -0.2) is 4.98 Å². The van der Waals surface area contributed by atoms with E-state index in [1.165, 1.54) is 5.56 Å². The summed E-state index contributed by atoms with van der Waals surface area (Å²) in [5, 5.41) is 1.09. The van der Waals surface area contributed by atoms with Crippen LogP contribution in [0.25, 0.3) is 10.9 Å². The average molecular weight is 217 g/mol. The first-order valence-electron chi connectivity index (χ1n) is 5.80. The quantitative estimate of drug-likeness (QED) is 0.776. The minimum Gasteiger partial charge on any atom is -0.322 e. The predicted octanol–water partition coefficient (Wildman–Crippen LogP) is 3.68. The topological polar surface area (TPSA) is 32.9 Å². The zero-order valence-electron chi connectivity index (χ0n) is 10.4. The number of hydrogen-bond donors (Lipinski definition) is 1. The maximum absolute atomic E-state index is 11.0. The molecule has 2 heteroatoms. The molecular formula is C14H19NO. The van der Waals surface area contributed by atoms with Gasteiger partial charge in [0, 0.05) is 11.6 Å². The van der Waals surface area contributed by atoms with Gasteiger partial charge >= 0.3 is 0 Å². The van der Waals surface area contributed by atoms with Gasteiger partial charge in [-0.1, -0.05) is 33.8 Å². The van der Waals surface area contributed by atoms with Crippen molar-refractivity contribution in [1.29, 1.82) is 0 Å². The van der Waals surface area contributed by atoms with Crippen LogP contribution >= 0.6 is 0 Å². The van der Waals surface area contributed by atoms with Crippen LogP contribution in [0.5, 0.6) is 0 Å².